The molecule has 0 aromatic carbocycles. The minimum Gasteiger partial charge on any atom is -0.377 e. The van der Waals surface area contributed by atoms with E-state index in [0.29, 0.717) is 0 Å². The van der Waals surface area contributed by atoms with Crippen LogP contribution in [0.1, 0.15) is 13.8 Å². The Morgan fingerprint density at radius 2 is 1.77 bits per heavy atom. The molecule has 0 aliphatic carbocycles. The SMILES string of the molecule is CC(C)NCC(O)NCC(F)(F)F. The lowest BCUT2D eigenvalue weighted by Gasteiger charge is -2.16. The van der Waals surface area contributed by atoms with Gasteiger partial charge in [0, 0.05) is 12.6 Å². The van der Waals surface area contributed by atoms with E-state index in [0.717, 1.165) is 0 Å². The fourth-order valence-electron chi connectivity index (χ4n) is 0.653. The minimum atomic E-state index is -4.28. The molecule has 0 rings (SSSR count). The summed E-state index contributed by atoms with van der Waals surface area (Å²) in [5.41, 5.74) is 0. The van der Waals surface area contributed by atoms with Crippen LogP contribution in [0.5, 0.6) is 0 Å². The standard InChI is InChI=1S/C7H15F3N2O/c1-5(2)11-3-6(13)12-4-7(8,9)10/h5-6,11-13H,3-4H2,1-2H3. The molecule has 0 radical (unpaired) electrons. The quantitative estimate of drug-likeness (QED) is 0.565. The Balaban J connectivity index is 3.46. The maximum Gasteiger partial charge on any atom is 0.401 e. The highest BCUT2D eigenvalue weighted by atomic mass is 19.4. The predicted molar refractivity (Wildman–Crippen MR) is 43.2 cm³/mol. The third-order valence-corrected chi connectivity index (χ3v) is 1.26. The van der Waals surface area contributed by atoms with Gasteiger partial charge in [-0.25, -0.2) is 0 Å². The fraction of sp³-hybridized carbons (Fsp3) is 1.00. The van der Waals surface area contributed by atoms with Gasteiger partial charge in [0.25, 0.3) is 0 Å². The molecule has 3 N–H and O–H groups in total. The van der Waals surface area contributed by atoms with Gasteiger partial charge < -0.3 is 10.4 Å². The topological polar surface area (TPSA) is 44.3 Å². The second-order valence-corrected chi connectivity index (χ2v) is 3.07. The van der Waals surface area contributed by atoms with Crippen LogP contribution < -0.4 is 10.6 Å². The predicted octanol–water partition coefficient (Wildman–Crippen LogP) is 0.455. The van der Waals surface area contributed by atoms with Crippen LogP contribution in [0.25, 0.3) is 0 Å². The first-order chi connectivity index (χ1) is 5.81. The lowest BCUT2D eigenvalue weighted by molar-refractivity contribution is -0.130. The molecule has 6 heteroatoms. The molecule has 0 aromatic rings. The van der Waals surface area contributed by atoms with Crippen molar-refractivity contribution in [3.05, 3.63) is 0 Å². The van der Waals surface area contributed by atoms with Crippen LogP contribution >= 0.6 is 0 Å². The number of nitrogens with one attached hydrogen (secondary N) is 2. The zero-order valence-corrected chi connectivity index (χ0v) is 7.65. The van der Waals surface area contributed by atoms with Crippen molar-refractivity contribution in [2.24, 2.45) is 0 Å². The number of alkyl halides is 3. The van der Waals surface area contributed by atoms with Crippen LogP contribution in [0.4, 0.5) is 13.2 Å². The first-order valence-electron chi connectivity index (χ1n) is 4.03. The molecule has 0 amide bonds. The second-order valence-electron chi connectivity index (χ2n) is 3.07. The van der Waals surface area contributed by atoms with Gasteiger partial charge in [0.15, 0.2) is 0 Å². The number of halogens is 3. The highest BCUT2D eigenvalue weighted by molar-refractivity contribution is 4.63. The maximum atomic E-state index is 11.6. The molecule has 0 aliphatic rings. The van der Waals surface area contributed by atoms with Gasteiger partial charge in [0.05, 0.1) is 6.54 Å². The smallest absolute Gasteiger partial charge is 0.377 e. The Bertz CT molecular complexity index is 138. The number of hydrogen-bond acceptors (Lipinski definition) is 3. The fourth-order valence-corrected chi connectivity index (χ4v) is 0.653. The second kappa shape index (κ2) is 5.41. The molecule has 0 spiro atoms. The normalized spacial score (nSPS) is 15.0. The zero-order valence-electron chi connectivity index (χ0n) is 7.65. The first kappa shape index (κ1) is 12.7. The van der Waals surface area contributed by atoms with Gasteiger partial charge >= 0.3 is 6.18 Å². The van der Waals surface area contributed by atoms with Crippen LogP contribution in [0.3, 0.4) is 0 Å². The van der Waals surface area contributed by atoms with Crippen molar-refractivity contribution in [3.8, 4) is 0 Å². The largest absolute Gasteiger partial charge is 0.401 e. The molecule has 0 aromatic heterocycles. The molecule has 0 bridgehead atoms. The van der Waals surface area contributed by atoms with Crippen LogP contribution in [0.2, 0.25) is 0 Å². The summed E-state index contributed by atoms with van der Waals surface area (Å²) in [4.78, 5) is 0. The maximum absolute atomic E-state index is 11.6. The molecule has 13 heavy (non-hydrogen) atoms. The Morgan fingerprint density at radius 3 is 2.15 bits per heavy atom. The molecule has 0 heterocycles. The molecule has 3 nitrogen and oxygen atoms in total. The van der Waals surface area contributed by atoms with Gasteiger partial charge in [-0.15, -0.1) is 0 Å². The number of aliphatic hydroxyl groups excluding tert-OH is 1. The van der Waals surface area contributed by atoms with E-state index in [1.807, 2.05) is 19.2 Å². The van der Waals surface area contributed by atoms with E-state index in [4.69, 9.17) is 5.11 Å². The van der Waals surface area contributed by atoms with Crippen molar-refractivity contribution in [1.29, 1.82) is 0 Å². The number of aliphatic hydroxyl groups is 1. The van der Waals surface area contributed by atoms with Crippen LogP contribution in [0.15, 0.2) is 0 Å². The van der Waals surface area contributed by atoms with Gasteiger partial charge in [0.1, 0.15) is 6.23 Å². The van der Waals surface area contributed by atoms with Gasteiger partial charge in [-0.2, -0.15) is 13.2 Å². The number of rotatable bonds is 5. The van der Waals surface area contributed by atoms with Gasteiger partial charge in [0.2, 0.25) is 0 Å². The van der Waals surface area contributed by atoms with E-state index in [2.05, 4.69) is 5.32 Å². The van der Waals surface area contributed by atoms with Crippen molar-refractivity contribution >= 4 is 0 Å². The molecular formula is C7H15F3N2O. The summed E-state index contributed by atoms with van der Waals surface area (Å²) >= 11 is 0. The molecule has 0 aliphatic heterocycles. The molecule has 0 saturated carbocycles. The van der Waals surface area contributed by atoms with Crippen LogP contribution in [-0.4, -0.2) is 36.6 Å². The molecular weight excluding hydrogens is 185 g/mol. The average molecular weight is 200 g/mol. The monoisotopic (exact) mass is 200 g/mol. The third kappa shape index (κ3) is 9.59. The van der Waals surface area contributed by atoms with Gasteiger partial charge in [-0.05, 0) is 0 Å². The summed E-state index contributed by atoms with van der Waals surface area (Å²) in [7, 11) is 0. The molecule has 1 atom stereocenters. The van der Waals surface area contributed by atoms with E-state index in [1.165, 1.54) is 0 Å². The Labute approximate surface area is 75.3 Å². The Hall–Kier alpha value is -0.330. The van der Waals surface area contributed by atoms with Crippen molar-refractivity contribution in [1.82, 2.24) is 10.6 Å². The van der Waals surface area contributed by atoms with E-state index in [1.54, 1.807) is 0 Å². The lowest BCUT2D eigenvalue weighted by Crippen LogP contribution is -2.44. The van der Waals surface area contributed by atoms with Gasteiger partial charge in [-0.3, -0.25) is 5.32 Å². The highest BCUT2D eigenvalue weighted by Crippen LogP contribution is 2.12. The molecule has 0 fully saturated rings. The summed E-state index contributed by atoms with van der Waals surface area (Å²) in [5, 5.41) is 13.7. The lowest BCUT2D eigenvalue weighted by atomic mass is 10.4. The van der Waals surface area contributed by atoms with Crippen molar-refractivity contribution in [2.75, 3.05) is 13.1 Å². The minimum absolute atomic E-state index is 0.105. The van der Waals surface area contributed by atoms with Crippen molar-refractivity contribution in [2.45, 2.75) is 32.3 Å². The summed E-state index contributed by atoms with van der Waals surface area (Å²) in [6.45, 7) is 2.62. The first-order valence-corrected chi connectivity index (χ1v) is 4.03. The van der Waals surface area contributed by atoms with Gasteiger partial charge in [-0.1, -0.05) is 13.8 Å². The van der Waals surface area contributed by atoms with Crippen molar-refractivity contribution in [3.63, 3.8) is 0 Å². The van der Waals surface area contributed by atoms with E-state index in [9.17, 15) is 13.2 Å². The summed E-state index contributed by atoms with van der Waals surface area (Å²) in [6, 6.07) is 0.141. The summed E-state index contributed by atoms with van der Waals surface area (Å²) < 4.78 is 34.9. The summed E-state index contributed by atoms with van der Waals surface area (Å²) in [6.07, 6.45) is -5.44. The number of hydrogen-bond donors (Lipinski definition) is 3. The van der Waals surface area contributed by atoms with Crippen molar-refractivity contribution < 1.29 is 18.3 Å². The van der Waals surface area contributed by atoms with Crippen LogP contribution in [0, 0.1) is 0 Å². The highest BCUT2D eigenvalue weighted by Gasteiger charge is 2.27. The molecule has 1 unspecified atom stereocenters. The Morgan fingerprint density at radius 1 is 1.23 bits per heavy atom. The van der Waals surface area contributed by atoms with E-state index >= 15 is 0 Å². The summed E-state index contributed by atoms with van der Waals surface area (Å²) in [5.74, 6) is 0. The van der Waals surface area contributed by atoms with E-state index < -0.39 is 18.9 Å². The van der Waals surface area contributed by atoms with Crippen LogP contribution in [-0.2, 0) is 0 Å². The average Bonchev–Trinajstić information content (AvgIpc) is 1.95. The molecule has 80 valence electrons. The Kier molecular flexibility index (Phi) is 5.27. The van der Waals surface area contributed by atoms with E-state index in [-0.39, 0.29) is 12.6 Å². The third-order valence-electron chi connectivity index (χ3n) is 1.26. The zero-order chi connectivity index (χ0) is 10.5. The molecule has 0 saturated heterocycles.